The second-order valence-corrected chi connectivity index (χ2v) is 8.13. The number of allylic oxidation sites excluding steroid dienone is 1. The molecule has 5 nitrogen and oxygen atoms in total. The van der Waals surface area contributed by atoms with Crippen LogP contribution in [0.3, 0.4) is 0 Å². The lowest BCUT2D eigenvalue weighted by Crippen LogP contribution is -2.57. The Labute approximate surface area is 169 Å². The number of ketones is 1. The predicted octanol–water partition coefficient (Wildman–Crippen LogP) is 3.36. The van der Waals surface area contributed by atoms with Crippen LogP contribution in [-0.4, -0.2) is 33.1 Å². The molecule has 5 unspecified atom stereocenters. The molecule has 1 amide bonds. The third kappa shape index (κ3) is 3.85. The molecule has 2 fully saturated rings. The fourth-order valence-corrected chi connectivity index (χ4v) is 4.84. The Kier molecular flexibility index (Phi) is 5.53. The molecule has 2 heterocycles. The normalized spacial score (nSPS) is 29.9. The maximum atomic E-state index is 13.1. The fraction of sp³-hybridized carbons (Fsp3) is 0.364. The summed E-state index contributed by atoms with van der Waals surface area (Å²) in [6.07, 6.45) is 10.4. The quantitative estimate of drug-likeness (QED) is 0.489. The van der Waals surface area contributed by atoms with Crippen molar-refractivity contribution in [3.8, 4) is 0 Å². The zero-order chi connectivity index (χ0) is 19.5. The van der Waals surface area contributed by atoms with Crippen molar-refractivity contribution in [3.05, 3.63) is 66.3 Å². The van der Waals surface area contributed by atoms with Crippen LogP contribution in [0, 0.1) is 11.8 Å². The number of aromatic nitrogens is 2. The van der Waals surface area contributed by atoms with E-state index in [0.29, 0.717) is 0 Å². The highest BCUT2D eigenvalue weighted by Crippen LogP contribution is 2.45. The summed E-state index contributed by atoms with van der Waals surface area (Å²) in [7, 11) is 0. The second kappa shape index (κ2) is 8.23. The van der Waals surface area contributed by atoms with Crippen LogP contribution in [0.4, 0.5) is 0 Å². The highest BCUT2D eigenvalue weighted by molar-refractivity contribution is 6.20. The standard InChI is InChI=1S/C22H22ClN3O2/c23-16-7-8-18-17(10-16)20(15-4-2-1-3-5-15)21(22(28)26-18)19(27)9-6-14-11-24-13-25-12-14/h1-6,9,11-13,16-18,20-21H,7-8,10H2,(H,26,28)/b9-6+. The van der Waals surface area contributed by atoms with E-state index < -0.39 is 5.92 Å². The topological polar surface area (TPSA) is 72.0 Å². The summed E-state index contributed by atoms with van der Waals surface area (Å²) >= 11 is 6.47. The lowest BCUT2D eigenvalue weighted by molar-refractivity contribution is -0.137. The largest absolute Gasteiger partial charge is 0.352 e. The van der Waals surface area contributed by atoms with Crippen molar-refractivity contribution >= 4 is 29.4 Å². The number of nitrogens with zero attached hydrogens (tertiary/aromatic N) is 2. The molecule has 1 saturated heterocycles. The molecule has 0 radical (unpaired) electrons. The molecule has 1 N–H and O–H groups in total. The fourth-order valence-electron chi connectivity index (χ4n) is 4.51. The van der Waals surface area contributed by atoms with Gasteiger partial charge in [-0.1, -0.05) is 30.3 Å². The molecule has 1 aromatic heterocycles. The Morgan fingerprint density at radius 2 is 1.89 bits per heavy atom. The summed E-state index contributed by atoms with van der Waals surface area (Å²) in [5.41, 5.74) is 1.74. The van der Waals surface area contributed by atoms with Crippen LogP contribution >= 0.6 is 11.6 Å². The molecule has 1 aliphatic carbocycles. The lowest BCUT2D eigenvalue weighted by Gasteiger charge is -2.46. The van der Waals surface area contributed by atoms with Gasteiger partial charge in [0, 0.05) is 35.3 Å². The first-order valence-electron chi connectivity index (χ1n) is 9.60. The van der Waals surface area contributed by atoms with Gasteiger partial charge in [0.15, 0.2) is 5.78 Å². The second-order valence-electron chi connectivity index (χ2n) is 7.51. The van der Waals surface area contributed by atoms with Crippen LogP contribution in [0.2, 0.25) is 0 Å². The molecule has 144 valence electrons. The minimum Gasteiger partial charge on any atom is -0.352 e. The number of carbonyl (C=O) groups is 2. The Morgan fingerprint density at radius 3 is 2.64 bits per heavy atom. The average Bonchev–Trinajstić information content (AvgIpc) is 2.73. The van der Waals surface area contributed by atoms with Crippen LogP contribution in [0.5, 0.6) is 0 Å². The molecule has 0 spiro atoms. The van der Waals surface area contributed by atoms with Crippen LogP contribution in [0.1, 0.15) is 36.3 Å². The highest BCUT2D eigenvalue weighted by atomic mass is 35.5. The molecule has 6 heteroatoms. The molecule has 5 atom stereocenters. The van der Waals surface area contributed by atoms with E-state index in [9.17, 15) is 9.59 Å². The van der Waals surface area contributed by atoms with Gasteiger partial charge in [0.1, 0.15) is 12.2 Å². The van der Waals surface area contributed by atoms with Gasteiger partial charge >= 0.3 is 0 Å². The van der Waals surface area contributed by atoms with Gasteiger partial charge in [-0.25, -0.2) is 9.97 Å². The van der Waals surface area contributed by atoms with Gasteiger partial charge in [0.25, 0.3) is 0 Å². The maximum Gasteiger partial charge on any atom is 0.231 e. The molecule has 1 aromatic carbocycles. The van der Waals surface area contributed by atoms with Gasteiger partial charge in [-0.15, -0.1) is 11.6 Å². The van der Waals surface area contributed by atoms with Gasteiger partial charge in [-0.3, -0.25) is 9.59 Å². The van der Waals surface area contributed by atoms with Gasteiger partial charge < -0.3 is 5.32 Å². The number of fused-ring (bicyclic) bond motifs is 1. The average molecular weight is 396 g/mol. The van der Waals surface area contributed by atoms with E-state index in [1.165, 1.54) is 12.4 Å². The van der Waals surface area contributed by atoms with Crippen molar-refractivity contribution in [2.24, 2.45) is 11.8 Å². The number of benzene rings is 1. The Hall–Kier alpha value is -2.53. The Bertz CT molecular complexity index is 872. The number of rotatable bonds is 4. The minimum absolute atomic E-state index is 0.0725. The van der Waals surface area contributed by atoms with Gasteiger partial charge in [-0.05, 0) is 42.9 Å². The third-order valence-corrected chi connectivity index (χ3v) is 6.17. The molecule has 1 saturated carbocycles. The molecule has 4 rings (SSSR count). The highest BCUT2D eigenvalue weighted by Gasteiger charge is 2.48. The number of alkyl halides is 1. The zero-order valence-electron chi connectivity index (χ0n) is 15.4. The lowest BCUT2D eigenvalue weighted by atomic mass is 9.64. The Morgan fingerprint density at radius 1 is 1.14 bits per heavy atom. The van der Waals surface area contributed by atoms with Crippen molar-refractivity contribution in [2.75, 3.05) is 0 Å². The van der Waals surface area contributed by atoms with Crippen molar-refractivity contribution in [1.82, 2.24) is 15.3 Å². The summed E-state index contributed by atoms with van der Waals surface area (Å²) in [6.45, 7) is 0. The number of hydrogen-bond acceptors (Lipinski definition) is 4. The number of nitrogens with one attached hydrogen (secondary N) is 1. The monoisotopic (exact) mass is 395 g/mol. The smallest absolute Gasteiger partial charge is 0.231 e. The summed E-state index contributed by atoms with van der Waals surface area (Å²) in [4.78, 5) is 33.9. The van der Waals surface area contributed by atoms with Crippen LogP contribution in [0.25, 0.3) is 6.08 Å². The Balaban J connectivity index is 1.67. The van der Waals surface area contributed by atoms with E-state index in [1.54, 1.807) is 18.5 Å². The molecule has 1 aliphatic heterocycles. The SMILES string of the molecule is O=C(/C=C/c1cncnc1)C1C(=O)NC2CCC(Cl)CC2C1c1ccccc1. The molecule has 2 aromatic rings. The van der Waals surface area contributed by atoms with Crippen molar-refractivity contribution in [3.63, 3.8) is 0 Å². The number of carbonyl (C=O) groups excluding carboxylic acids is 2. The van der Waals surface area contributed by atoms with Gasteiger partial charge in [0.2, 0.25) is 5.91 Å². The number of amides is 1. The molecular formula is C22H22ClN3O2. The van der Waals surface area contributed by atoms with Crippen LogP contribution in [-0.2, 0) is 9.59 Å². The minimum atomic E-state index is -0.758. The predicted molar refractivity (Wildman–Crippen MR) is 108 cm³/mol. The number of halogens is 1. The van der Waals surface area contributed by atoms with Crippen molar-refractivity contribution in [1.29, 1.82) is 0 Å². The number of piperidine rings is 1. The zero-order valence-corrected chi connectivity index (χ0v) is 16.1. The third-order valence-electron chi connectivity index (χ3n) is 5.78. The van der Waals surface area contributed by atoms with E-state index in [2.05, 4.69) is 15.3 Å². The first-order chi connectivity index (χ1) is 13.6. The van der Waals surface area contributed by atoms with E-state index in [1.807, 2.05) is 30.3 Å². The summed E-state index contributed by atoms with van der Waals surface area (Å²) < 4.78 is 0. The molecule has 0 bridgehead atoms. The van der Waals surface area contributed by atoms with E-state index in [4.69, 9.17) is 11.6 Å². The first-order valence-corrected chi connectivity index (χ1v) is 10.0. The van der Waals surface area contributed by atoms with E-state index in [-0.39, 0.29) is 34.9 Å². The maximum absolute atomic E-state index is 13.1. The molecule has 2 aliphatic rings. The van der Waals surface area contributed by atoms with Gasteiger partial charge in [0.05, 0.1) is 0 Å². The summed E-state index contributed by atoms with van der Waals surface area (Å²) in [5.74, 6) is -1.18. The van der Waals surface area contributed by atoms with E-state index in [0.717, 1.165) is 30.4 Å². The summed E-state index contributed by atoms with van der Waals surface area (Å²) in [5, 5.41) is 3.17. The van der Waals surface area contributed by atoms with Gasteiger partial charge in [-0.2, -0.15) is 0 Å². The van der Waals surface area contributed by atoms with Crippen LogP contribution < -0.4 is 5.32 Å². The number of hydrogen-bond donors (Lipinski definition) is 1. The molecular weight excluding hydrogens is 374 g/mol. The van der Waals surface area contributed by atoms with Crippen LogP contribution in [0.15, 0.2) is 55.1 Å². The van der Waals surface area contributed by atoms with Crippen molar-refractivity contribution in [2.45, 2.75) is 36.6 Å². The summed E-state index contributed by atoms with van der Waals surface area (Å²) in [6, 6.07) is 9.94. The van der Waals surface area contributed by atoms with E-state index >= 15 is 0 Å². The van der Waals surface area contributed by atoms with Crippen molar-refractivity contribution < 1.29 is 9.59 Å². The molecule has 28 heavy (non-hydrogen) atoms. The first kappa shape index (κ1) is 18.8.